The normalized spacial score (nSPS) is 14.6. The Kier molecular flexibility index (Phi) is 8.28. The van der Waals surface area contributed by atoms with Gasteiger partial charge in [0.25, 0.3) is 0 Å². The van der Waals surface area contributed by atoms with E-state index in [1.54, 1.807) is 18.4 Å². The molecule has 0 saturated carbocycles. The highest BCUT2D eigenvalue weighted by atomic mass is 32.3. The molecule has 1 rings (SSSR count). The van der Waals surface area contributed by atoms with Crippen LogP contribution in [0.5, 0.6) is 0 Å². The van der Waals surface area contributed by atoms with Crippen molar-refractivity contribution in [2.24, 2.45) is 0 Å². The smallest absolute Gasteiger partial charge is 0.421 e. The standard InChI is InChI=1S/C7H12NOS.C2F6NO4S2/c1-7(9-2)5-8-3-4-10-6-8;3-1(4,5)14(10,11)9-15(12,13)2(6,7)8/h3-4,6-7H,5H2,1-2H3;/q+1;-1. The first-order chi connectivity index (χ1) is 11.0. The average Bonchev–Trinajstić information content (AvgIpc) is 2.88. The minimum atomic E-state index is -6.72. The molecule has 0 aromatic carbocycles. The van der Waals surface area contributed by atoms with Crippen molar-refractivity contribution >= 4 is 31.4 Å². The first-order valence-corrected chi connectivity index (χ1v) is 9.66. The van der Waals surface area contributed by atoms with Crippen LogP contribution in [0.1, 0.15) is 6.92 Å². The zero-order chi connectivity index (χ0) is 20.1. The van der Waals surface area contributed by atoms with Crippen molar-refractivity contribution in [2.45, 2.75) is 30.6 Å². The van der Waals surface area contributed by atoms with E-state index in [0.717, 1.165) is 10.7 Å². The van der Waals surface area contributed by atoms with Gasteiger partial charge < -0.3 is 8.86 Å². The van der Waals surface area contributed by atoms with Crippen molar-refractivity contribution in [3.8, 4) is 0 Å². The second-order valence-corrected chi connectivity index (χ2v) is 8.36. The van der Waals surface area contributed by atoms with Gasteiger partial charge in [-0.15, -0.1) is 0 Å². The number of ether oxygens (including phenoxy) is 1. The molecule has 0 N–H and O–H groups in total. The van der Waals surface area contributed by atoms with Gasteiger partial charge in [0.15, 0.2) is 32.8 Å². The number of sulfonamides is 2. The summed E-state index contributed by atoms with van der Waals surface area (Å²) in [6, 6.07) is 0. The number of hydrogen-bond donors (Lipinski definition) is 0. The van der Waals surface area contributed by atoms with Crippen molar-refractivity contribution in [2.75, 3.05) is 7.11 Å². The molecule has 0 amide bonds. The van der Waals surface area contributed by atoms with Crippen molar-refractivity contribution < 1.29 is 52.5 Å². The van der Waals surface area contributed by atoms with Crippen LogP contribution in [0.15, 0.2) is 17.1 Å². The van der Waals surface area contributed by atoms with Gasteiger partial charge in [0.05, 0.1) is 5.38 Å². The quantitative estimate of drug-likeness (QED) is 0.519. The van der Waals surface area contributed by atoms with E-state index >= 15 is 0 Å². The fraction of sp³-hybridized carbons (Fsp3) is 0.667. The lowest BCUT2D eigenvalue weighted by molar-refractivity contribution is -0.698. The van der Waals surface area contributed by atoms with E-state index < -0.39 is 31.1 Å². The topological polar surface area (TPSA) is 95.5 Å². The van der Waals surface area contributed by atoms with Crippen LogP contribution in [0.4, 0.5) is 26.3 Å². The lowest BCUT2D eigenvalue weighted by Gasteiger charge is -2.22. The van der Waals surface area contributed by atoms with Gasteiger partial charge in [-0.2, -0.15) is 30.9 Å². The summed E-state index contributed by atoms with van der Waals surface area (Å²) in [4.78, 5) is 0. The molecule has 0 fully saturated rings. The lowest BCUT2D eigenvalue weighted by Crippen LogP contribution is -2.36. The van der Waals surface area contributed by atoms with Crippen LogP contribution in [0.3, 0.4) is 0 Å². The summed E-state index contributed by atoms with van der Waals surface area (Å²) in [5.74, 6) is 0. The Morgan fingerprint density at radius 3 is 1.80 bits per heavy atom. The molecule has 1 aromatic rings. The number of alkyl halides is 6. The number of hydrogen-bond acceptors (Lipinski definition) is 6. The summed E-state index contributed by atoms with van der Waals surface area (Å²) in [6.07, 6.45) is 2.36. The molecule has 1 atom stereocenters. The second kappa shape index (κ2) is 8.61. The van der Waals surface area contributed by atoms with Crippen LogP contribution < -0.4 is 4.57 Å². The molecular formula is C9H12F6N2O5S3. The summed E-state index contributed by atoms with van der Waals surface area (Å²) in [5.41, 5.74) is -10.3. The summed E-state index contributed by atoms with van der Waals surface area (Å²) < 4.78 is 116. The highest BCUT2D eigenvalue weighted by Gasteiger charge is 2.46. The fourth-order valence-corrected chi connectivity index (χ4v) is 3.27. The van der Waals surface area contributed by atoms with Gasteiger partial charge in [-0.05, 0) is 6.92 Å². The van der Waals surface area contributed by atoms with Crippen molar-refractivity contribution in [1.29, 1.82) is 0 Å². The van der Waals surface area contributed by atoms with Crippen molar-refractivity contribution in [3.05, 3.63) is 21.2 Å². The number of nitrogens with zero attached hydrogens (tertiary/aromatic N) is 2. The number of thiazole rings is 1. The van der Waals surface area contributed by atoms with E-state index in [9.17, 15) is 43.2 Å². The van der Waals surface area contributed by atoms with Crippen LogP contribution in [0.25, 0.3) is 4.13 Å². The lowest BCUT2D eigenvalue weighted by atomic mass is 10.4. The molecule has 0 radical (unpaired) electrons. The number of halogens is 6. The molecule has 7 nitrogen and oxygen atoms in total. The van der Waals surface area contributed by atoms with Crippen LogP contribution in [0.2, 0.25) is 0 Å². The van der Waals surface area contributed by atoms with Gasteiger partial charge in [-0.1, -0.05) is 11.3 Å². The Morgan fingerprint density at radius 2 is 1.52 bits per heavy atom. The summed E-state index contributed by atoms with van der Waals surface area (Å²) >= 11 is 1.70. The molecule has 0 saturated heterocycles. The molecule has 16 heteroatoms. The van der Waals surface area contributed by atoms with Gasteiger partial charge in [-0.3, -0.25) is 0 Å². The largest absolute Gasteiger partial charge is 0.480 e. The van der Waals surface area contributed by atoms with E-state index in [0.29, 0.717) is 6.10 Å². The number of methoxy groups -OCH3 is 1. The molecule has 1 heterocycles. The minimum Gasteiger partial charge on any atom is -0.421 e. The maximum Gasteiger partial charge on any atom is 0.480 e. The predicted molar refractivity (Wildman–Crippen MR) is 74.3 cm³/mol. The molecule has 148 valence electrons. The maximum atomic E-state index is 11.4. The molecule has 0 aliphatic rings. The predicted octanol–water partition coefficient (Wildman–Crippen LogP) is 2.13. The number of rotatable bonds is 5. The molecule has 0 aliphatic carbocycles. The van der Waals surface area contributed by atoms with Crippen molar-refractivity contribution in [3.63, 3.8) is 0 Å². The zero-order valence-electron chi connectivity index (χ0n) is 12.4. The number of aromatic nitrogens is 1. The highest BCUT2D eigenvalue weighted by molar-refractivity contribution is 8.13. The van der Waals surface area contributed by atoms with Gasteiger partial charge in [-0.25, -0.2) is 16.8 Å². The molecule has 25 heavy (non-hydrogen) atoms. The molecule has 0 aliphatic heterocycles. The van der Waals surface area contributed by atoms with E-state index in [-0.39, 0.29) is 0 Å². The fourth-order valence-electron chi connectivity index (χ4n) is 0.951. The van der Waals surface area contributed by atoms with E-state index in [1.165, 1.54) is 0 Å². The maximum absolute atomic E-state index is 11.4. The van der Waals surface area contributed by atoms with Crippen LogP contribution in [-0.2, 0) is 31.3 Å². The minimum absolute atomic E-state index is 0.305. The van der Waals surface area contributed by atoms with Gasteiger partial charge in [0.1, 0.15) is 6.10 Å². The molecule has 0 bridgehead atoms. The van der Waals surface area contributed by atoms with E-state index in [2.05, 4.69) is 28.6 Å². The zero-order valence-corrected chi connectivity index (χ0v) is 14.9. The van der Waals surface area contributed by atoms with Gasteiger partial charge in [0.2, 0.25) is 5.51 Å². The Labute approximate surface area is 143 Å². The van der Waals surface area contributed by atoms with Crippen LogP contribution >= 0.6 is 11.3 Å². The average molecular weight is 438 g/mol. The molecule has 1 unspecified atom stereocenters. The van der Waals surface area contributed by atoms with E-state index in [1.807, 2.05) is 0 Å². The SMILES string of the molecule is COC(C)C[n+]1ccsc1.O=S(=O)([N-]S(=O)(=O)C(F)(F)F)C(F)(F)F. The van der Waals surface area contributed by atoms with Gasteiger partial charge in [0, 0.05) is 7.11 Å². The Bertz CT molecular complexity index is 685. The third-order valence-corrected chi connectivity index (χ3v) is 5.59. The third kappa shape index (κ3) is 7.85. The summed E-state index contributed by atoms with van der Waals surface area (Å²) in [6.45, 7) is 3.00. The first-order valence-electron chi connectivity index (χ1n) is 5.84. The Balaban J connectivity index is 0.000000496. The Morgan fingerprint density at radius 1 is 1.08 bits per heavy atom. The first kappa shape index (κ1) is 24.0. The molecule has 1 aromatic heterocycles. The summed E-state index contributed by atoms with van der Waals surface area (Å²) in [5, 5.41) is 2.06. The van der Waals surface area contributed by atoms with Crippen LogP contribution in [0, 0.1) is 0 Å². The van der Waals surface area contributed by atoms with Crippen molar-refractivity contribution in [1.82, 2.24) is 0 Å². The van der Waals surface area contributed by atoms with E-state index in [4.69, 9.17) is 4.74 Å². The van der Waals surface area contributed by atoms with Gasteiger partial charge >= 0.3 is 11.0 Å². The summed E-state index contributed by atoms with van der Waals surface area (Å²) in [7, 11) is -11.7. The second-order valence-electron chi connectivity index (χ2n) is 4.19. The molecule has 0 spiro atoms. The van der Waals surface area contributed by atoms with Crippen LogP contribution in [-0.4, -0.2) is 41.1 Å². The monoisotopic (exact) mass is 438 g/mol. The highest BCUT2D eigenvalue weighted by Crippen LogP contribution is 2.36. The molecular weight excluding hydrogens is 426 g/mol. The third-order valence-electron chi connectivity index (χ3n) is 2.18. The Hall–Kier alpha value is -0.970.